The van der Waals surface area contributed by atoms with Crippen LogP contribution < -0.4 is 10.1 Å². The topological polar surface area (TPSA) is 57.9 Å². The molecule has 0 aliphatic carbocycles. The normalized spacial score (nSPS) is 10.9. The van der Waals surface area contributed by atoms with Gasteiger partial charge in [-0.15, -0.1) is 11.3 Å². The molecule has 1 N–H and O–H groups in total. The molecule has 4 aromatic rings. The smallest absolute Gasteiger partial charge is 0.127 e. The van der Waals surface area contributed by atoms with E-state index in [0.717, 1.165) is 45.2 Å². The summed E-state index contributed by atoms with van der Waals surface area (Å²) in [5.74, 6) is 0.802. The molecule has 0 atom stereocenters. The molecule has 6 heteroatoms. The van der Waals surface area contributed by atoms with Crippen molar-refractivity contribution < 1.29 is 4.74 Å². The molecule has 0 spiro atoms. The van der Waals surface area contributed by atoms with Gasteiger partial charge in [-0.25, -0.2) is 4.98 Å². The van der Waals surface area contributed by atoms with Crippen LogP contribution in [0.4, 0.5) is 10.7 Å². The minimum Gasteiger partial charge on any atom is -0.497 e. The number of methoxy groups -OCH3 is 1. The molecule has 0 saturated heterocycles. The van der Waals surface area contributed by atoms with Gasteiger partial charge in [0.1, 0.15) is 21.7 Å². The van der Waals surface area contributed by atoms with E-state index in [1.54, 1.807) is 29.8 Å². The molecule has 0 aliphatic heterocycles. The number of ether oxygens (including phenoxy) is 1. The summed E-state index contributed by atoms with van der Waals surface area (Å²) >= 11 is 3.27. The predicted octanol–water partition coefficient (Wildman–Crippen LogP) is 7.69. The molecule has 0 unspecified atom stereocenters. The fraction of sp³-hybridized carbons (Fsp3) is 0.280. The number of nitrogens with zero attached hydrogens (tertiary/aromatic N) is 2. The van der Waals surface area contributed by atoms with Gasteiger partial charge in [0.15, 0.2) is 0 Å². The summed E-state index contributed by atoms with van der Waals surface area (Å²) in [7, 11) is 1.65. The van der Waals surface area contributed by atoms with Crippen molar-refractivity contribution in [3.63, 3.8) is 0 Å². The van der Waals surface area contributed by atoms with Crippen molar-refractivity contribution in [2.45, 2.75) is 39.5 Å². The van der Waals surface area contributed by atoms with Crippen LogP contribution in [0.5, 0.6) is 5.75 Å². The summed E-state index contributed by atoms with van der Waals surface area (Å²) in [6, 6.07) is 14.4. The zero-order valence-electron chi connectivity index (χ0n) is 18.0. The molecule has 4 rings (SSSR count). The minimum atomic E-state index is 0.670. The van der Waals surface area contributed by atoms with Gasteiger partial charge in [-0.2, -0.15) is 5.26 Å². The van der Waals surface area contributed by atoms with Crippen molar-refractivity contribution in [3.8, 4) is 22.3 Å². The van der Waals surface area contributed by atoms with Crippen molar-refractivity contribution in [1.82, 2.24) is 4.98 Å². The summed E-state index contributed by atoms with van der Waals surface area (Å²) in [5.41, 5.74) is 5.11. The van der Waals surface area contributed by atoms with Crippen LogP contribution in [0.15, 0.2) is 41.8 Å². The number of hydrogen-bond donors (Lipinski definition) is 1. The lowest BCUT2D eigenvalue weighted by Gasteiger charge is -2.13. The number of aromatic nitrogens is 1. The molecule has 4 nitrogen and oxygen atoms in total. The van der Waals surface area contributed by atoms with E-state index < -0.39 is 0 Å². The van der Waals surface area contributed by atoms with Gasteiger partial charge in [0, 0.05) is 27.2 Å². The van der Waals surface area contributed by atoms with Gasteiger partial charge in [-0.3, -0.25) is 0 Å². The van der Waals surface area contributed by atoms with Crippen molar-refractivity contribution in [1.29, 1.82) is 5.26 Å². The molecule has 0 amide bonds. The molecule has 0 bridgehead atoms. The van der Waals surface area contributed by atoms with Crippen LogP contribution in [0.3, 0.4) is 0 Å². The first-order chi connectivity index (χ1) is 15.2. The molecular weight excluding hydrogens is 422 g/mol. The van der Waals surface area contributed by atoms with Crippen molar-refractivity contribution in [2.24, 2.45) is 0 Å². The third kappa shape index (κ3) is 4.30. The minimum absolute atomic E-state index is 0.670. The highest BCUT2D eigenvalue weighted by molar-refractivity contribution is 7.23. The van der Waals surface area contributed by atoms with Gasteiger partial charge in [0.25, 0.3) is 0 Å². The Morgan fingerprint density at radius 3 is 2.61 bits per heavy atom. The zero-order chi connectivity index (χ0) is 21.8. The predicted molar refractivity (Wildman–Crippen MR) is 132 cm³/mol. The number of nitrogens with one attached hydrogen (secondary N) is 1. The number of benzene rings is 1. The molecule has 0 radical (unpaired) electrons. The second-order valence-corrected chi connectivity index (χ2v) is 9.38. The molecule has 1 aromatic carbocycles. The Morgan fingerprint density at radius 1 is 1.16 bits per heavy atom. The lowest BCUT2D eigenvalue weighted by molar-refractivity contribution is 0.415. The molecule has 0 aliphatic rings. The Balaban J connectivity index is 1.87. The summed E-state index contributed by atoms with van der Waals surface area (Å²) in [5, 5.41) is 17.5. The Kier molecular flexibility index (Phi) is 6.55. The van der Waals surface area contributed by atoms with E-state index in [0.29, 0.717) is 5.56 Å². The van der Waals surface area contributed by atoms with E-state index >= 15 is 0 Å². The van der Waals surface area contributed by atoms with Gasteiger partial charge in [-0.1, -0.05) is 37.2 Å². The molecule has 158 valence electrons. The van der Waals surface area contributed by atoms with Crippen LogP contribution >= 0.6 is 22.7 Å². The third-order valence-electron chi connectivity index (χ3n) is 5.41. The van der Waals surface area contributed by atoms with Crippen molar-refractivity contribution in [3.05, 3.63) is 58.6 Å². The highest BCUT2D eigenvalue weighted by atomic mass is 32.1. The Hall–Kier alpha value is -2.88. The first-order valence-electron chi connectivity index (χ1n) is 10.5. The standard InChI is InChI=1S/C25H25N3OS2/c1-4-5-6-8-19-16(2)27-25-23(22(19)21-9-7-14-30-21)20(15-26)24(31-25)28-17-10-12-18(29-3)13-11-17/h7,9-14,28H,4-6,8H2,1-3H3. The largest absolute Gasteiger partial charge is 0.497 e. The third-order valence-corrected chi connectivity index (χ3v) is 7.29. The molecule has 31 heavy (non-hydrogen) atoms. The average molecular weight is 448 g/mol. The highest BCUT2D eigenvalue weighted by Crippen LogP contribution is 2.44. The number of thiophene rings is 2. The molecule has 3 heterocycles. The van der Waals surface area contributed by atoms with Crippen LogP contribution in [0.2, 0.25) is 0 Å². The van der Waals surface area contributed by atoms with E-state index in [9.17, 15) is 5.26 Å². The van der Waals surface area contributed by atoms with E-state index in [1.807, 2.05) is 24.3 Å². The lowest BCUT2D eigenvalue weighted by Crippen LogP contribution is -1.98. The Labute approximate surface area is 191 Å². The number of unbranched alkanes of at least 4 members (excludes halogenated alkanes) is 2. The second-order valence-electron chi connectivity index (χ2n) is 7.44. The highest BCUT2D eigenvalue weighted by Gasteiger charge is 2.22. The van der Waals surface area contributed by atoms with E-state index in [-0.39, 0.29) is 0 Å². The first-order valence-corrected chi connectivity index (χ1v) is 12.2. The summed E-state index contributed by atoms with van der Waals surface area (Å²) < 4.78 is 5.25. The number of hydrogen-bond acceptors (Lipinski definition) is 6. The number of fused-ring (bicyclic) bond motifs is 1. The number of aryl methyl sites for hydroxylation is 1. The van der Waals surface area contributed by atoms with Gasteiger partial charge in [0.2, 0.25) is 0 Å². The first kappa shape index (κ1) is 21.4. The number of anilines is 2. The average Bonchev–Trinajstić information content (AvgIpc) is 3.42. The van der Waals surface area contributed by atoms with E-state index in [4.69, 9.17) is 9.72 Å². The SMILES string of the molecule is CCCCCc1c(C)nc2sc(Nc3ccc(OC)cc3)c(C#N)c2c1-c1cccs1. The van der Waals surface area contributed by atoms with E-state index in [2.05, 4.69) is 42.7 Å². The summed E-state index contributed by atoms with van der Waals surface area (Å²) in [4.78, 5) is 7.05. The van der Waals surface area contributed by atoms with Crippen LogP contribution in [0, 0.1) is 18.3 Å². The van der Waals surface area contributed by atoms with Gasteiger partial charge >= 0.3 is 0 Å². The number of rotatable bonds is 8. The second kappa shape index (κ2) is 9.51. The van der Waals surface area contributed by atoms with Gasteiger partial charge in [0.05, 0.1) is 12.7 Å². The maximum Gasteiger partial charge on any atom is 0.127 e. The summed E-state index contributed by atoms with van der Waals surface area (Å²) in [6.45, 7) is 4.32. The fourth-order valence-electron chi connectivity index (χ4n) is 3.83. The maximum atomic E-state index is 10.1. The quantitative estimate of drug-likeness (QED) is 0.281. The maximum absolute atomic E-state index is 10.1. The van der Waals surface area contributed by atoms with Crippen LogP contribution in [0.25, 0.3) is 20.7 Å². The fourth-order valence-corrected chi connectivity index (χ4v) is 5.74. The van der Waals surface area contributed by atoms with E-state index in [1.165, 1.54) is 28.8 Å². The number of pyridine rings is 1. The van der Waals surface area contributed by atoms with Crippen LogP contribution in [0.1, 0.15) is 43.0 Å². The molecule has 3 aromatic heterocycles. The monoisotopic (exact) mass is 447 g/mol. The van der Waals surface area contributed by atoms with Crippen LogP contribution in [-0.4, -0.2) is 12.1 Å². The Morgan fingerprint density at radius 2 is 1.97 bits per heavy atom. The molecule has 0 saturated carbocycles. The van der Waals surface area contributed by atoms with Gasteiger partial charge < -0.3 is 10.1 Å². The number of nitriles is 1. The zero-order valence-corrected chi connectivity index (χ0v) is 19.6. The van der Waals surface area contributed by atoms with Gasteiger partial charge in [-0.05, 0) is 61.0 Å². The van der Waals surface area contributed by atoms with Crippen LogP contribution in [-0.2, 0) is 6.42 Å². The summed E-state index contributed by atoms with van der Waals surface area (Å²) in [6.07, 6.45) is 4.49. The molecular formula is C25H25N3OS2. The molecule has 0 fully saturated rings. The van der Waals surface area contributed by atoms with Crippen molar-refractivity contribution >= 4 is 43.6 Å². The van der Waals surface area contributed by atoms with Crippen molar-refractivity contribution in [2.75, 3.05) is 12.4 Å². The lowest BCUT2D eigenvalue weighted by atomic mass is 9.95. The Bertz CT molecular complexity index is 1220.